The first-order valence-electron chi connectivity index (χ1n) is 10.4. The van der Waals surface area contributed by atoms with Gasteiger partial charge in [-0.1, -0.05) is 6.07 Å². The van der Waals surface area contributed by atoms with Gasteiger partial charge in [0, 0.05) is 54.6 Å². The van der Waals surface area contributed by atoms with Crippen molar-refractivity contribution in [3.05, 3.63) is 57.8 Å². The van der Waals surface area contributed by atoms with Crippen LogP contribution in [0.4, 0.5) is 5.82 Å². The Morgan fingerprint density at radius 1 is 1.17 bits per heavy atom. The van der Waals surface area contributed by atoms with Crippen molar-refractivity contribution >= 4 is 11.5 Å². The summed E-state index contributed by atoms with van der Waals surface area (Å²) in [5, 5.41) is 4.56. The number of aryl methyl sites for hydroxylation is 1. The lowest BCUT2D eigenvalue weighted by Gasteiger charge is -2.48. The van der Waals surface area contributed by atoms with Gasteiger partial charge < -0.3 is 14.4 Å². The Kier molecular flexibility index (Phi) is 4.24. The molecule has 0 amide bonds. The van der Waals surface area contributed by atoms with Crippen LogP contribution in [0.1, 0.15) is 35.3 Å². The molecule has 2 bridgehead atoms. The second-order valence-electron chi connectivity index (χ2n) is 8.83. The van der Waals surface area contributed by atoms with Crippen molar-refractivity contribution in [1.29, 1.82) is 0 Å². The van der Waals surface area contributed by atoms with Crippen molar-refractivity contribution in [3.8, 4) is 0 Å². The van der Waals surface area contributed by atoms with Gasteiger partial charge in [0.05, 0.1) is 12.2 Å². The summed E-state index contributed by atoms with van der Waals surface area (Å²) in [7, 11) is 4.17. The number of aromatic nitrogens is 4. The topological polar surface area (TPSA) is 58.7 Å². The predicted molar refractivity (Wildman–Crippen MR) is 114 cm³/mol. The second-order valence-corrected chi connectivity index (χ2v) is 8.83. The Morgan fingerprint density at radius 3 is 2.79 bits per heavy atom. The van der Waals surface area contributed by atoms with Crippen LogP contribution in [-0.4, -0.2) is 57.8 Å². The van der Waals surface area contributed by atoms with E-state index in [4.69, 9.17) is 0 Å². The Hall–Kier alpha value is -2.67. The molecule has 2 aliphatic heterocycles. The van der Waals surface area contributed by atoms with E-state index in [-0.39, 0.29) is 11.6 Å². The molecule has 0 radical (unpaired) electrons. The van der Waals surface area contributed by atoms with E-state index in [0.717, 1.165) is 43.2 Å². The number of anilines is 1. The molecule has 152 valence electrons. The number of rotatable bonds is 3. The molecule has 7 nitrogen and oxygen atoms in total. The highest BCUT2D eigenvalue weighted by Crippen LogP contribution is 2.43. The summed E-state index contributed by atoms with van der Waals surface area (Å²) >= 11 is 0. The Morgan fingerprint density at radius 2 is 2.00 bits per heavy atom. The summed E-state index contributed by atoms with van der Waals surface area (Å²) in [5.74, 6) is 1.91. The van der Waals surface area contributed by atoms with Crippen molar-refractivity contribution in [2.75, 3.05) is 38.6 Å². The average Bonchev–Trinajstić information content (AvgIpc) is 3.13. The molecule has 3 aromatic heterocycles. The van der Waals surface area contributed by atoms with Crippen LogP contribution < -0.4 is 10.5 Å². The molecular formula is C22H28N6O. The number of fused-ring (bicyclic) bond motifs is 5. The average molecular weight is 393 g/mol. The highest BCUT2D eigenvalue weighted by Gasteiger charge is 2.41. The fourth-order valence-electron chi connectivity index (χ4n) is 5.32. The number of piperidine rings is 1. The molecule has 3 atom stereocenters. The lowest BCUT2D eigenvalue weighted by atomic mass is 9.78. The minimum Gasteiger partial charge on any atom is -0.355 e. The van der Waals surface area contributed by atoms with Crippen molar-refractivity contribution < 1.29 is 0 Å². The normalized spacial score (nSPS) is 23.6. The van der Waals surface area contributed by atoms with Gasteiger partial charge in [0.1, 0.15) is 5.82 Å². The first-order chi connectivity index (χ1) is 13.9. The molecule has 2 aliphatic rings. The Bertz CT molecular complexity index is 1130. The van der Waals surface area contributed by atoms with Gasteiger partial charge in [-0.3, -0.25) is 4.79 Å². The molecule has 0 saturated carbocycles. The summed E-state index contributed by atoms with van der Waals surface area (Å²) in [6.45, 7) is 6.90. The summed E-state index contributed by atoms with van der Waals surface area (Å²) in [4.78, 5) is 22.1. The fourth-order valence-corrected chi connectivity index (χ4v) is 5.32. The summed E-state index contributed by atoms with van der Waals surface area (Å²) in [6, 6.07) is 7.90. The van der Waals surface area contributed by atoms with E-state index in [2.05, 4.69) is 58.5 Å². The number of hydrogen-bond acceptors (Lipinski definition) is 5. The molecule has 0 N–H and O–H groups in total. The molecule has 5 rings (SSSR count). The maximum atomic E-state index is 12.8. The number of nitrogens with zero attached hydrogens (tertiary/aromatic N) is 6. The number of pyridine rings is 1. The van der Waals surface area contributed by atoms with Crippen LogP contribution in [0, 0.1) is 19.8 Å². The quantitative estimate of drug-likeness (QED) is 0.684. The summed E-state index contributed by atoms with van der Waals surface area (Å²) in [5.41, 5.74) is 4.41. The largest absolute Gasteiger partial charge is 0.355 e. The van der Waals surface area contributed by atoms with E-state index in [1.165, 1.54) is 11.3 Å². The van der Waals surface area contributed by atoms with Crippen LogP contribution in [-0.2, 0) is 0 Å². The third kappa shape index (κ3) is 2.87. The zero-order valence-corrected chi connectivity index (χ0v) is 17.5. The monoisotopic (exact) mass is 392 g/mol. The molecule has 0 aromatic carbocycles. The van der Waals surface area contributed by atoms with Gasteiger partial charge in [-0.05, 0) is 46.3 Å². The lowest BCUT2D eigenvalue weighted by molar-refractivity contribution is 0.174. The molecule has 1 saturated heterocycles. The van der Waals surface area contributed by atoms with Crippen molar-refractivity contribution in [1.82, 2.24) is 24.1 Å². The SMILES string of the molecule is Cc1nc2ccnn2c(N2C[C@H]3C[C@@H](C2)[C@H](CN(C)C)n2c3cccc2=O)c1C. The van der Waals surface area contributed by atoms with E-state index in [9.17, 15) is 4.79 Å². The minimum absolute atomic E-state index is 0.128. The smallest absolute Gasteiger partial charge is 0.251 e. The Labute approximate surface area is 170 Å². The van der Waals surface area contributed by atoms with Crippen LogP contribution in [0.5, 0.6) is 0 Å². The first kappa shape index (κ1) is 18.4. The Balaban J connectivity index is 1.63. The molecule has 3 aromatic rings. The van der Waals surface area contributed by atoms with Crippen LogP contribution in [0.15, 0.2) is 35.3 Å². The molecule has 1 fully saturated rings. The van der Waals surface area contributed by atoms with Gasteiger partial charge in [-0.2, -0.15) is 9.61 Å². The van der Waals surface area contributed by atoms with Crippen molar-refractivity contribution in [3.63, 3.8) is 0 Å². The van der Waals surface area contributed by atoms with E-state index in [1.807, 2.05) is 22.8 Å². The van der Waals surface area contributed by atoms with Gasteiger partial charge in [-0.25, -0.2) is 4.98 Å². The third-order valence-corrected chi connectivity index (χ3v) is 6.63. The standard InChI is InChI=1S/C22H28N6O/c1-14-15(2)24-20-8-9-23-28(20)22(14)26-11-16-10-17(12-26)19(13-25(3)4)27-18(16)6-5-7-21(27)29/h5-9,16-17,19H,10-13H2,1-4H3/t16-,17+,19+/m1/s1. The predicted octanol–water partition coefficient (Wildman–Crippen LogP) is 2.23. The highest BCUT2D eigenvalue weighted by atomic mass is 16.1. The number of hydrogen-bond donors (Lipinski definition) is 0. The van der Waals surface area contributed by atoms with Crippen LogP contribution >= 0.6 is 0 Å². The molecule has 29 heavy (non-hydrogen) atoms. The minimum atomic E-state index is 0.128. The third-order valence-electron chi connectivity index (χ3n) is 6.63. The van der Waals surface area contributed by atoms with Gasteiger partial charge in [0.15, 0.2) is 5.65 Å². The molecule has 5 heterocycles. The lowest BCUT2D eigenvalue weighted by Crippen LogP contribution is -2.52. The maximum Gasteiger partial charge on any atom is 0.251 e. The summed E-state index contributed by atoms with van der Waals surface area (Å²) in [6.07, 6.45) is 2.95. The second kappa shape index (κ2) is 6.69. The van der Waals surface area contributed by atoms with Gasteiger partial charge in [0.2, 0.25) is 0 Å². The van der Waals surface area contributed by atoms with Crippen molar-refractivity contribution in [2.45, 2.75) is 32.2 Å². The van der Waals surface area contributed by atoms with Gasteiger partial charge in [-0.15, -0.1) is 0 Å². The fraction of sp³-hybridized carbons (Fsp3) is 0.500. The van der Waals surface area contributed by atoms with Crippen molar-refractivity contribution in [2.24, 2.45) is 5.92 Å². The van der Waals surface area contributed by atoms with Crippen LogP contribution in [0.2, 0.25) is 0 Å². The maximum absolute atomic E-state index is 12.8. The molecule has 0 aliphatic carbocycles. The molecular weight excluding hydrogens is 364 g/mol. The zero-order valence-electron chi connectivity index (χ0n) is 17.5. The van der Waals surface area contributed by atoms with Gasteiger partial charge >= 0.3 is 0 Å². The molecule has 0 unspecified atom stereocenters. The molecule has 7 heteroatoms. The molecule has 0 spiro atoms. The van der Waals surface area contributed by atoms with E-state index >= 15 is 0 Å². The van der Waals surface area contributed by atoms with E-state index < -0.39 is 0 Å². The highest BCUT2D eigenvalue weighted by molar-refractivity contribution is 5.57. The summed E-state index contributed by atoms with van der Waals surface area (Å²) < 4.78 is 4.05. The number of likely N-dealkylation sites (N-methyl/N-ethyl adjacent to an activating group) is 1. The van der Waals surface area contributed by atoms with E-state index in [1.54, 1.807) is 6.07 Å². The zero-order chi connectivity index (χ0) is 20.3. The van der Waals surface area contributed by atoms with Crippen LogP contribution in [0.25, 0.3) is 5.65 Å². The first-order valence-corrected chi connectivity index (χ1v) is 10.4. The van der Waals surface area contributed by atoms with Gasteiger partial charge in [0.25, 0.3) is 5.56 Å². The van der Waals surface area contributed by atoms with E-state index in [0.29, 0.717) is 11.8 Å². The van der Waals surface area contributed by atoms with Crippen LogP contribution in [0.3, 0.4) is 0 Å².